The Balaban J connectivity index is 2.61. The van der Waals surface area contributed by atoms with Gasteiger partial charge in [0.05, 0.1) is 6.54 Å². The number of rotatable bonds is 5. The van der Waals surface area contributed by atoms with E-state index in [4.69, 9.17) is 0 Å². The maximum atomic E-state index is 13.5. The summed E-state index contributed by atoms with van der Waals surface area (Å²) < 4.78 is 26.9. The zero-order valence-electron chi connectivity index (χ0n) is 10.8. The van der Waals surface area contributed by atoms with Gasteiger partial charge in [-0.25, -0.2) is 8.78 Å². The van der Waals surface area contributed by atoms with Crippen molar-refractivity contribution >= 4 is 5.91 Å². The first kappa shape index (κ1) is 14.6. The lowest BCUT2D eigenvalue weighted by atomic mass is 10.1. The van der Waals surface area contributed by atoms with E-state index in [2.05, 4.69) is 10.6 Å². The smallest absolute Gasteiger partial charge is 0.234 e. The van der Waals surface area contributed by atoms with Gasteiger partial charge in [-0.1, -0.05) is 6.07 Å². The second kappa shape index (κ2) is 6.44. The summed E-state index contributed by atoms with van der Waals surface area (Å²) in [6.45, 7) is 5.33. The van der Waals surface area contributed by atoms with Gasteiger partial charge >= 0.3 is 0 Å². The summed E-state index contributed by atoms with van der Waals surface area (Å²) >= 11 is 0. The number of benzene rings is 1. The Kier molecular flexibility index (Phi) is 5.22. The molecule has 0 aromatic heterocycles. The molecule has 0 saturated heterocycles. The second-order valence-electron chi connectivity index (χ2n) is 4.46. The van der Waals surface area contributed by atoms with E-state index < -0.39 is 17.7 Å². The number of hydrogen-bond acceptors (Lipinski definition) is 2. The molecule has 5 heteroatoms. The molecule has 1 rings (SSSR count). The van der Waals surface area contributed by atoms with Crippen molar-refractivity contribution in [3.8, 4) is 0 Å². The van der Waals surface area contributed by atoms with Gasteiger partial charge < -0.3 is 10.6 Å². The topological polar surface area (TPSA) is 41.1 Å². The molecule has 3 nitrogen and oxygen atoms in total. The molecule has 0 fully saturated rings. The molecule has 0 heterocycles. The summed E-state index contributed by atoms with van der Waals surface area (Å²) in [5, 5.41) is 5.48. The molecule has 18 heavy (non-hydrogen) atoms. The first-order valence-corrected chi connectivity index (χ1v) is 5.88. The molecule has 2 N–H and O–H groups in total. The molecule has 1 aromatic rings. The van der Waals surface area contributed by atoms with Gasteiger partial charge in [0.25, 0.3) is 0 Å². The predicted octanol–water partition coefficient (Wildman–Crippen LogP) is 2.14. The van der Waals surface area contributed by atoms with Gasteiger partial charge in [-0.15, -0.1) is 0 Å². The van der Waals surface area contributed by atoms with Gasteiger partial charge in [0.15, 0.2) is 0 Å². The number of hydrogen-bond donors (Lipinski definition) is 2. The Morgan fingerprint density at radius 2 is 1.78 bits per heavy atom. The minimum atomic E-state index is -0.612. The largest absolute Gasteiger partial charge is 0.353 e. The van der Waals surface area contributed by atoms with Crippen LogP contribution in [0.15, 0.2) is 18.2 Å². The first-order valence-electron chi connectivity index (χ1n) is 5.88. The molecular formula is C13H18F2N2O. The normalized spacial score (nSPS) is 12.6. The fourth-order valence-electron chi connectivity index (χ4n) is 1.65. The molecule has 100 valence electrons. The summed E-state index contributed by atoms with van der Waals surface area (Å²) in [5.74, 6) is -1.42. The summed E-state index contributed by atoms with van der Waals surface area (Å²) in [6, 6.07) is 3.19. The lowest BCUT2D eigenvalue weighted by Gasteiger charge is -2.16. The van der Waals surface area contributed by atoms with Crippen molar-refractivity contribution in [2.75, 3.05) is 6.54 Å². The quantitative estimate of drug-likeness (QED) is 0.847. The molecule has 1 amide bonds. The maximum Gasteiger partial charge on any atom is 0.234 e. The van der Waals surface area contributed by atoms with Crippen LogP contribution in [0.2, 0.25) is 0 Å². The maximum absolute atomic E-state index is 13.5. The summed E-state index contributed by atoms with van der Waals surface area (Å²) in [6.07, 6.45) is 0. The van der Waals surface area contributed by atoms with Crippen LogP contribution in [0.1, 0.15) is 32.4 Å². The molecule has 0 saturated carbocycles. The van der Waals surface area contributed by atoms with E-state index >= 15 is 0 Å². The van der Waals surface area contributed by atoms with Crippen molar-refractivity contribution in [1.82, 2.24) is 10.6 Å². The highest BCUT2D eigenvalue weighted by atomic mass is 19.1. The van der Waals surface area contributed by atoms with E-state index in [-0.39, 0.29) is 24.1 Å². The fraction of sp³-hybridized carbons (Fsp3) is 0.462. The summed E-state index contributed by atoms with van der Waals surface area (Å²) in [5.41, 5.74) is -0.0464. The predicted molar refractivity (Wildman–Crippen MR) is 66.1 cm³/mol. The number of amides is 1. The van der Waals surface area contributed by atoms with Crippen LogP contribution in [-0.4, -0.2) is 18.5 Å². The molecule has 1 atom stereocenters. The van der Waals surface area contributed by atoms with E-state index in [1.165, 1.54) is 18.2 Å². The third-order valence-corrected chi connectivity index (χ3v) is 2.45. The van der Waals surface area contributed by atoms with Gasteiger partial charge in [-0.2, -0.15) is 0 Å². The van der Waals surface area contributed by atoms with Crippen LogP contribution in [0, 0.1) is 11.6 Å². The highest BCUT2D eigenvalue weighted by Gasteiger charge is 2.16. The van der Waals surface area contributed by atoms with Crippen LogP contribution in [0.25, 0.3) is 0 Å². The molecule has 0 aliphatic heterocycles. The van der Waals surface area contributed by atoms with Crippen LogP contribution in [0.4, 0.5) is 8.78 Å². The van der Waals surface area contributed by atoms with Crippen molar-refractivity contribution in [3.05, 3.63) is 35.4 Å². The van der Waals surface area contributed by atoms with Crippen LogP contribution in [-0.2, 0) is 4.79 Å². The third kappa shape index (κ3) is 4.07. The van der Waals surface area contributed by atoms with Crippen molar-refractivity contribution in [2.24, 2.45) is 0 Å². The number of carbonyl (C=O) groups is 1. The molecule has 0 aliphatic rings. The Hall–Kier alpha value is -1.49. The Morgan fingerprint density at radius 1 is 1.22 bits per heavy atom. The average molecular weight is 256 g/mol. The van der Waals surface area contributed by atoms with Crippen LogP contribution >= 0.6 is 0 Å². The second-order valence-corrected chi connectivity index (χ2v) is 4.46. The molecular weight excluding hydrogens is 238 g/mol. The number of nitrogens with one attached hydrogen (secondary N) is 2. The van der Waals surface area contributed by atoms with Crippen LogP contribution < -0.4 is 10.6 Å². The Morgan fingerprint density at radius 3 is 2.28 bits per heavy atom. The Bertz CT molecular complexity index is 401. The summed E-state index contributed by atoms with van der Waals surface area (Å²) in [7, 11) is 0. The number of carbonyl (C=O) groups excluding carboxylic acids is 1. The van der Waals surface area contributed by atoms with E-state index in [1.54, 1.807) is 6.92 Å². The Labute approximate surface area is 106 Å². The van der Waals surface area contributed by atoms with Gasteiger partial charge in [-0.3, -0.25) is 4.79 Å². The van der Waals surface area contributed by atoms with E-state index in [0.717, 1.165) is 0 Å². The van der Waals surface area contributed by atoms with Gasteiger partial charge in [0.1, 0.15) is 11.6 Å². The SMILES string of the molecule is CC(C)NC(=O)CNC(C)c1c(F)cccc1F. The minimum absolute atomic E-state index is 0.0210. The lowest BCUT2D eigenvalue weighted by molar-refractivity contribution is -0.120. The van der Waals surface area contributed by atoms with Crippen LogP contribution in [0.3, 0.4) is 0 Å². The van der Waals surface area contributed by atoms with E-state index in [1.807, 2.05) is 13.8 Å². The van der Waals surface area contributed by atoms with Gasteiger partial charge in [0.2, 0.25) is 5.91 Å². The highest BCUT2D eigenvalue weighted by molar-refractivity contribution is 5.78. The standard InChI is InChI=1S/C13H18F2N2O/c1-8(2)17-12(18)7-16-9(3)13-10(14)5-4-6-11(13)15/h4-6,8-9,16H,7H2,1-3H3,(H,17,18). The average Bonchev–Trinajstić information content (AvgIpc) is 2.25. The van der Waals surface area contributed by atoms with E-state index in [0.29, 0.717) is 0 Å². The van der Waals surface area contributed by atoms with Crippen molar-refractivity contribution < 1.29 is 13.6 Å². The van der Waals surface area contributed by atoms with Crippen molar-refractivity contribution in [2.45, 2.75) is 32.9 Å². The first-order chi connectivity index (χ1) is 8.41. The zero-order chi connectivity index (χ0) is 13.7. The third-order valence-electron chi connectivity index (χ3n) is 2.45. The van der Waals surface area contributed by atoms with Crippen molar-refractivity contribution in [1.29, 1.82) is 0 Å². The number of halogens is 2. The molecule has 0 bridgehead atoms. The molecule has 0 aliphatic carbocycles. The zero-order valence-corrected chi connectivity index (χ0v) is 10.8. The van der Waals surface area contributed by atoms with Gasteiger partial charge in [0, 0.05) is 17.6 Å². The molecule has 0 radical (unpaired) electrons. The van der Waals surface area contributed by atoms with Crippen LogP contribution in [0.5, 0.6) is 0 Å². The molecule has 0 spiro atoms. The van der Waals surface area contributed by atoms with E-state index in [9.17, 15) is 13.6 Å². The molecule has 1 aromatic carbocycles. The monoisotopic (exact) mass is 256 g/mol. The summed E-state index contributed by atoms with van der Waals surface area (Å²) in [4.78, 5) is 11.4. The molecule has 1 unspecified atom stereocenters. The van der Waals surface area contributed by atoms with Crippen molar-refractivity contribution in [3.63, 3.8) is 0 Å². The minimum Gasteiger partial charge on any atom is -0.353 e. The lowest BCUT2D eigenvalue weighted by Crippen LogP contribution is -2.38. The fourth-order valence-corrected chi connectivity index (χ4v) is 1.65. The van der Waals surface area contributed by atoms with Gasteiger partial charge in [-0.05, 0) is 32.9 Å². The highest BCUT2D eigenvalue weighted by Crippen LogP contribution is 2.19.